The van der Waals surface area contributed by atoms with Crippen LogP contribution >= 0.6 is 11.3 Å². The average Bonchev–Trinajstić information content (AvgIpc) is 3.13. The van der Waals surface area contributed by atoms with E-state index in [0.29, 0.717) is 6.04 Å². The number of aromatic nitrogens is 2. The summed E-state index contributed by atoms with van der Waals surface area (Å²) in [4.78, 5) is 12.3. The summed E-state index contributed by atoms with van der Waals surface area (Å²) in [5.74, 6) is 1.90. The van der Waals surface area contributed by atoms with Gasteiger partial charge in [-0.05, 0) is 42.0 Å². The van der Waals surface area contributed by atoms with Crippen LogP contribution in [0.3, 0.4) is 0 Å². The zero-order chi connectivity index (χ0) is 17.1. The molecule has 1 aliphatic heterocycles. The number of fused-ring (bicyclic) bond motifs is 1. The highest BCUT2D eigenvalue weighted by atomic mass is 32.1. The summed E-state index contributed by atoms with van der Waals surface area (Å²) in [5, 5.41) is 6.82. The molecule has 1 aromatic carbocycles. The van der Waals surface area contributed by atoms with Crippen molar-refractivity contribution in [2.45, 2.75) is 25.4 Å². The highest BCUT2D eigenvalue weighted by molar-refractivity contribution is 7.16. The fourth-order valence-electron chi connectivity index (χ4n) is 3.36. The molecule has 1 aliphatic rings. The van der Waals surface area contributed by atoms with Crippen LogP contribution in [0, 0.1) is 0 Å². The number of rotatable bonds is 5. The van der Waals surface area contributed by atoms with Gasteiger partial charge in [-0.25, -0.2) is 9.97 Å². The molecule has 1 N–H and O–H groups in total. The molecular formula is C19H22N4OS. The van der Waals surface area contributed by atoms with E-state index in [0.717, 1.165) is 54.3 Å². The molecule has 6 heteroatoms. The molecule has 130 valence electrons. The van der Waals surface area contributed by atoms with Gasteiger partial charge in [0.15, 0.2) is 0 Å². The van der Waals surface area contributed by atoms with Crippen LogP contribution < -0.4 is 10.1 Å². The average molecular weight is 354 g/mol. The van der Waals surface area contributed by atoms with Gasteiger partial charge in [0.25, 0.3) is 0 Å². The second-order valence-electron chi connectivity index (χ2n) is 6.41. The maximum absolute atomic E-state index is 5.32. The molecular weight excluding hydrogens is 332 g/mol. The van der Waals surface area contributed by atoms with Crippen LogP contribution in [0.4, 0.5) is 5.82 Å². The molecule has 0 spiro atoms. The number of nitrogens with one attached hydrogen (secondary N) is 1. The third-order valence-corrected chi connectivity index (χ3v) is 5.55. The zero-order valence-corrected chi connectivity index (χ0v) is 15.1. The lowest BCUT2D eigenvalue weighted by Crippen LogP contribution is -2.38. The Labute approximate surface area is 151 Å². The second-order valence-corrected chi connectivity index (χ2v) is 7.30. The SMILES string of the molecule is COc1cccc(CN2CCC(Nc3ncnc4sccc34)CC2)c1. The predicted octanol–water partition coefficient (Wildman–Crippen LogP) is 3.78. The first-order valence-corrected chi connectivity index (χ1v) is 9.50. The number of likely N-dealkylation sites (tertiary alicyclic amines) is 1. The van der Waals surface area contributed by atoms with Crippen molar-refractivity contribution in [2.75, 3.05) is 25.5 Å². The quantitative estimate of drug-likeness (QED) is 0.756. The Hall–Kier alpha value is -2.18. The van der Waals surface area contributed by atoms with Crippen molar-refractivity contribution in [1.82, 2.24) is 14.9 Å². The van der Waals surface area contributed by atoms with Gasteiger partial charge < -0.3 is 10.1 Å². The molecule has 0 bridgehead atoms. The lowest BCUT2D eigenvalue weighted by atomic mass is 10.0. The first-order valence-electron chi connectivity index (χ1n) is 8.62. The van der Waals surface area contributed by atoms with Crippen molar-refractivity contribution >= 4 is 27.4 Å². The van der Waals surface area contributed by atoms with Crippen LogP contribution in [0.1, 0.15) is 18.4 Å². The minimum absolute atomic E-state index is 0.472. The molecule has 1 fully saturated rings. The summed E-state index contributed by atoms with van der Waals surface area (Å²) in [7, 11) is 1.72. The minimum Gasteiger partial charge on any atom is -0.497 e. The number of anilines is 1. The number of hydrogen-bond donors (Lipinski definition) is 1. The monoisotopic (exact) mass is 354 g/mol. The van der Waals surface area contributed by atoms with Crippen LogP contribution in [-0.2, 0) is 6.54 Å². The molecule has 25 heavy (non-hydrogen) atoms. The van der Waals surface area contributed by atoms with Crippen LogP contribution in [0.5, 0.6) is 5.75 Å². The number of piperidine rings is 1. The molecule has 3 aromatic rings. The largest absolute Gasteiger partial charge is 0.497 e. The molecule has 3 heterocycles. The summed E-state index contributed by atoms with van der Waals surface area (Å²) in [6.45, 7) is 3.16. The minimum atomic E-state index is 0.472. The van der Waals surface area contributed by atoms with E-state index in [1.165, 1.54) is 5.56 Å². The van der Waals surface area contributed by atoms with E-state index in [1.807, 2.05) is 6.07 Å². The maximum atomic E-state index is 5.32. The summed E-state index contributed by atoms with van der Waals surface area (Å²) in [6, 6.07) is 10.9. The molecule has 0 aliphatic carbocycles. The Morgan fingerprint density at radius 2 is 2.12 bits per heavy atom. The van der Waals surface area contributed by atoms with Gasteiger partial charge in [-0.1, -0.05) is 12.1 Å². The first-order chi connectivity index (χ1) is 12.3. The highest BCUT2D eigenvalue weighted by Gasteiger charge is 2.20. The Kier molecular flexibility index (Phi) is 4.81. The predicted molar refractivity (Wildman–Crippen MR) is 102 cm³/mol. The Balaban J connectivity index is 1.34. The topological polar surface area (TPSA) is 50.3 Å². The molecule has 0 radical (unpaired) electrons. The summed E-state index contributed by atoms with van der Waals surface area (Å²) < 4.78 is 5.32. The molecule has 5 nitrogen and oxygen atoms in total. The van der Waals surface area contributed by atoms with Crippen LogP contribution in [0.2, 0.25) is 0 Å². The van der Waals surface area contributed by atoms with E-state index in [-0.39, 0.29) is 0 Å². The van der Waals surface area contributed by atoms with Gasteiger partial charge in [-0.15, -0.1) is 11.3 Å². The van der Waals surface area contributed by atoms with Crippen molar-refractivity contribution in [3.8, 4) is 5.75 Å². The van der Waals surface area contributed by atoms with E-state index in [4.69, 9.17) is 4.74 Å². The Bertz CT molecular complexity index is 842. The first kappa shape index (κ1) is 16.3. The van der Waals surface area contributed by atoms with Gasteiger partial charge in [-0.3, -0.25) is 4.90 Å². The van der Waals surface area contributed by atoms with Gasteiger partial charge >= 0.3 is 0 Å². The molecule has 0 atom stereocenters. The van der Waals surface area contributed by atoms with Crippen molar-refractivity contribution in [2.24, 2.45) is 0 Å². The lowest BCUT2D eigenvalue weighted by molar-refractivity contribution is 0.211. The van der Waals surface area contributed by atoms with Crippen molar-refractivity contribution in [3.05, 3.63) is 47.6 Å². The van der Waals surface area contributed by atoms with E-state index in [9.17, 15) is 0 Å². The standard InChI is InChI=1S/C19H22N4OS/c1-24-16-4-2-3-14(11-16)12-23-8-5-15(6-9-23)22-18-17-7-10-25-19(17)21-13-20-18/h2-4,7,10-11,13,15H,5-6,8-9,12H2,1H3,(H,20,21,22). The van der Waals surface area contributed by atoms with E-state index in [1.54, 1.807) is 24.8 Å². The molecule has 4 rings (SSSR count). The Morgan fingerprint density at radius 3 is 2.96 bits per heavy atom. The van der Waals surface area contributed by atoms with Crippen molar-refractivity contribution in [1.29, 1.82) is 0 Å². The number of ether oxygens (including phenoxy) is 1. The lowest BCUT2D eigenvalue weighted by Gasteiger charge is -2.32. The second kappa shape index (κ2) is 7.37. The van der Waals surface area contributed by atoms with Gasteiger partial charge in [-0.2, -0.15) is 0 Å². The number of benzene rings is 1. The number of hydrogen-bond acceptors (Lipinski definition) is 6. The summed E-state index contributed by atoms with van der Waals surface area (Å²) in [6.07, 6.45) is 3.90. The maximum Gasteiger partial charge on any atom is 0.138 e. The number of thiophene rings is 1. The fraction of sp³-hybridized carbons (Fsp3) is 0.368. The van der Waals surface area contributed by atoms with E-state index in [2.05, 4.69) is 49.8 Å². The van der Waals surface area contributed by atoms with Gasteiger partial charge in [0, 0.05) is 25.7 Å². The number of nitrogens with zero attached hydrogens (tertiary/aromatic N) is 3. The fourth-order valence-corrected chi connectivity index (χ4v) is 4.10. The molecule has 0 unspecified atom stereocenters. The normalized spacial score (nSPS) is 16.2. The van der Waals surface area contributed by atoms with E-state index < -0.39 is 0 Å². The zero-order valence-electron chi connectivity index (χ0n) is 14.3. The molecule has 2 aromatic heterocycles. The van der Waals surface area contributed by atoms with Crippen molar-refractivity contribution < 1.29 is 4.74 Å². The number of methoxy groups -OCH3 is 1. The van der Waals surface area contributed by atoms with Crippen LogP contribution in [0.15, 0.2) is 42.0 Å². The smallest absolute Gasteiger partial charge is 0.138 e. The van der Waals surface area contributed by atoms with Crippen molar-refractivity contribution in [3.63, 3.8) is 0 Å². The van der Waals surface area contributed by atoms with Gasteiger partial charge in [0.2, 0.25) is 0 Å². The van der Waals surface area contributed by atoms with Gasteiger partial charge in [0.05, 0.1) is 12.5 Å². The molecule has 0 saturated carbocycles. The highest BCUT2D eigenvalue weighted by Crippen LogP contribution is 2.26. The Morgan fingerprint density at radius 1 is 1.24 bits per heavy atom. The van der Waals surface area contributed by atoms with E-state index >= 15 is 0 Å². The van der Waals surface area contributed by atoms with Crippen LogP contribution in [0.25, 0.3) is 10.2 Å². The summed E-state index contributed by atoms with van der Waals surface area (Å²) >= 11 is 1.66. The summed E-state index contributed by atoms with van der Waals surface area (Å²) in [5.41, 5.74) is 1.31. The third kappa shape index (κ3) is 3.75. The van der Waals surface area contributed by atoms with Gasteiger partial charge in [0.1, 0.15) is 22.7 Å². The van der Waals surface area contributed by atoms with Crippen LogP contribution in [-0.4, -0.2) is 41.1 Å². The third-order valence-electron chi connectivity index (χ3n) is 4.73. The molecule has 0 amide bonds. The molecule has 1 saturated heterocycles.